The van der Waals surface area contributed by atoms with Crippen LogP contribution in [0.1, 0.15) is 35.1 Å². The highest BCUT2D eigenvalue weighted by Crippen LogP contribution is 2.20. The number of carbonyl (C=O) groups excluding carboxylic acids is 1. The van der Waals surface area contributed by atoms with Crippen molar-refractivity contribution in [2.24, 2.45) is 0 Å². The Morgan fingerprint density at radius 1 is 0.947 bits per heavy atom. The normalized spacial score (nSPS) is 12.1. The van der Waals surface area contributed by atoms with Crippen molar-refractivity contribution in [2.45, 2.75) is 32.6 Å². The van der Waals surface area contributed by atoms with Gasteiger partial charge < -0.3 is 4.79 Å². The van der Waals surface area contributed by atoms with Gasteiger partial charge in [0.05, 0.1) is 0 Å². The van der Waals surface area contributed by atoms with Crippen LogP contribution in [0.3, 0.4) is 0 Å². The predicted octanol–water partition coefficient (Wildman–Crippen LogP) is 4.08. The monoisotopic (exact) mass is 252 g/mol. The Morgan fingerprint density at radius 3 is 2.05 bits per heavy atom. The molecule has 1 heteroatoms. The van der Waals surface area contributed by atoms with E-state index >= 15 is 0 Å². The lowest BCUT2D eigenvalue weighted by atomic mass is 9.92. The first-order chi connectivity index (χ1) is 9.22. The SMILES string of the molecule is CCc1ccc(CC(C=O)c2ccc(C)cc2)cc1. The summed E-state index contributed by atoms with van der Waals surface area (Å²) < 4.78 is 0. The Bertz CT molecular complexity index is 523. The molecule has 0 saturated heterocycles. The second kappa shape index (κ2) is 6.33. The Hall–Kier alpha value is -1.89. The van der Waals surface area contributed by atoms with Gasteiger partial charge in [0.1, 0.15) is 6.29 Å². The number of benzene rings is 2. The molecule has 0 aliphatic rings. The van der Waals surface area contributed by atoms with Gasteiger partial charge in [0.25, 0.3) is 0 Å². The lowest BCUT2D eigenvalue weighted by Gasteiger charge is -2.11. The molecular formula is C18H20O. The zero-order valence-electron chi connectivity index (χ0n) is 11.6. The third-order valence-corrected chi connectivity index (χ3v) is 3.56. The summed E-state index contributed by atoms with van der Waals surface area (Å²) in [4.78, 5) is 11.3. The summed E-state index contributed by atoms with van der Waals surface area (Å²) in [6.45, 7) is 4.21. The van der Waals surface area contributed by atoms with Crippen LogP contribution in [-0.2, 0) is 17.6 Å². The summed E-state index contributed by atoms with van der Waals surface area (Å²) in [5.74, 6) is -0.0481. The molecule has 1 unspecified atom stereocenters. The Kier molecular flexibility index (Phi) is 4.51. The van der Waals surface area contributed by atoms with Crippen LogP contribution in [0.15, 0.2) is 48.5 Å². The maximum atomic E-state index is 11.3. The number of rotatable bonds is 5. The second-order valence-corrected chi connectivity index (χ2v) is 5.03. The minimum absolute atomic E-state index is 0.0481. The standard InChI is InChI=1S/C18H20O/c1-3-15-6-8-16(9-7-15)12-18(13-19)17-10-4-14(2)5-11-17/h4-11,13,18H,3,12H2,1-2H3. The molecule has 0 heterocycles. The van der Waals surface area contributed by atoms with E-state index in [9.17, 15) is 4.79 Å². The average Bonchev–Trinajstić information content (AvgIpc) is 2.46. The lowest BCUT2D eigenvalue weighted by Crippen LogP contribution is -2.04. The van der Waals surface area contributed by atoms with E-state index in [0.29, 0.717) is 0 Å². The van der Waals surface area contributed by atoms with Crippen LogP contribution in [0, 0.1) is 6.92 Å². The zero-order valence-corrected chi connectivity index (χ0v) is 11.6. The number of carbonyl (C=O) groups is 1. The van der Waals surface area contributed by atoms with Gasteiger partial charge in [-0.3, -0.25) is 0 Å². The first-order valence-corrected chi connectivity index (χ1v) is 6.82. The van der Waals surface area contributed by atoms with E-state index in [-0.39, 0.29) is 5.92 Å². The molecule has 0 aromatic heterocycles. The molecule has 2 aromatic carbocycles. The van der Waals surface area contributed by atoms with Crippen molar-refractivity contribution in [1.29, 1.82) is 0 Å². The van der Waals surface area contributed by atoms with Gasteiger partial charge in [-0.05, 0) is 36.5 Å². The molecule has 0 saturated carbocycles. The van der Waals surface area contributed by atoms with Gasteiger partial charge in [0, 0.05) is 5.92 Å². The first-order valence-electron chi connectivity index (χ1n) is 6.82. The minimum Gasteiger partial charge on any atom is -0.303 e. The average molecular weight is 252 g/mol. The van der Waals surface area contributed by atoms with Gasteiger partial charge in [-0.15, -0.1) is 0 Å². The molecule has 98 valence electrons. The van der Waals surface area contributed by atoms with Crippen molar-refractivity contribution >= 4 is 6.29 Å². The summed E-state index contributed by atoms with van der Waals surface area (Å²) in [6, 6.07) is 16.8. The smallest absolute Gasteiger partial charge is 0.127 e. The lowest BCUT2D eigenvalue weighted by molar-refractivity contribution is -0.109. The summed E-state index contributed by atoms with van der Waals surface area (Å²) in [7, 11) is 0. The fourth-order valence-corrected chi connectivity index (χ4v) is 2.22. The highest BCUT2D eigenvalue weighted by molar-refractivity contribution is 5.63. The van der Waals surface area contributed by atoms with Crippen LogP contribution in [0.4, 0.5) is 0 Å². The number of hydrogen-bond acceptors (Lipinski definition) is 1. The minimum atomic E-state index is -0.0481. The summed E-state index contributed by atoms with van der Waals surface area (Å²) >= 11 is 0. The van der Waals surface area contributed by atoms with Gasteiger partial charge in [-0.2, -0.15) is 0 Å². The van der Waals surface area contributed by atoms with Crippen molar-refractivity contribution < 1.29 is 4.79 Å². The van der Waals surface area contributed by atoms with Gasteiger partial charge >= 0.3 is 0 Å². The second-order valence-electron chi connectivity index (χ2n) is 5.03. The van der Waals surface area contributed by atoms with E-state index < -0.39 is 0 Å². The van der Waals surface area contributed by atoms with E-state index in [2.05, 4.69) is 62.4 Å². The maximum Gasteiger partial charge on any atom is 0.127 e. The predicted molar refractivity (Wildman–Crippen MR) is 79.5 cm³/mol. The van der Waals surface area contributed by atoms with Crippen molar-refractivity contribution in [1.82, 2.24) is 0 Å². The highest BCUT2D eigenvalue weighted by atomic mass is 16.1. The fourth-order valence-electron chi connectivity index (χ4n) is 2.22. The molecule has 1 nitrogen and oxygen atoms in total. The molecule has 0 spiro atoms. The van der Waals surface area contributed by atoms with Gasteiger partial charge in [-0.1, -0.05) is 61.0 Å². The Morgan fingerprint density at radius 2 is 1.53 bits per heavy atom. The molecular weight excluding hydrogens is 232 g/mol. The van der Waals surface area contributed by atoms with E-state index in [4.69, 9.17) is 0 Å². The van der Waals surface area contributed by atoms with Crippen LogP contribution >= 0.6 is 0 Å². The maximum absolute atomic E-state index is 11.3. The van der Waals surface area contributed by atoms with E-state index in [1.165, 1.54) is 16.7 Å². The molecule has 0 aliphatic carbocycles. The van der Waals surface area contributed by atoms with Crippen LogP contribution in [-0.4, -0.2) is 6.29 Å². The number of hydrogen-bond donors (Lipinski definition) is 0. The van der Waals surface area contributed by atoms with Crippen molar-refractivity contribution in [2.75, 3.05) is 0 Å². The molecule has 2 rings (SSSR count). The van der Waals surface area contributed by atoms with Crippen LogP contribution in [0.5, 0.6) is 0 Å². The molecule has 0 N–H and O–H groups in total. The van der Waals surface area contributed by atoms with Gasteiger partial charge in [-0.25, -0.2) is 0 Å². The van der Waals surface area contributed by atoms with Crippen molar-refractivity contribution in [3.05, 3.63) is 70.8 Å². The van der Waals surface area contributed by atoms with E-state index in [0.717, 1.165) is 24.7 Å². The zero-order chi connectivity index (χ0) is 13.7. The van der Waals surface area contributed by atoms with Gasteiger partial charge in [0.15, 0.2) is 0 Å². The molecule has 0 bridgehead atoms. The summed E-state index contributed by atoms with van der Waals surface area (Å²) in [5, 5.41) is 0. The van der Waals surface area contributed by atoms with E-state index in [1.807, 2.05) is 0 Å². The third-order valence-electron chi connectivity index (χ3n) is 3.56. The van der Waals surface area contributed by atoms with Gasteiger partial charge in [0.2, 0.25) is 0 Å². The first kappa shape index (κ1) is 13.5. The van der Waals surface area contributed by atoms with Crippen LogP contribution in [0.2, 0.25) is 0 Å². The third kappa shape index (κ3) is 3.54. The number of aryl methyl sites for hydroxylation is 2. The quantitative estimate of drug-likeness (QED) is 0.733. The Labute approximate surface area is 115 Å². The highest BCUT2D eigenvalue weighted by Gasteiger charge is 2.11. The largest absolute Gasteiger partial charge is 0.303 e. The molecule has 0 aliphatic heterocycles. The topological polar surface area (TPSA) is 17.1 Å². The molecule has 1 atom stereocenters. The van der Waals surface area contributed by atoms with Crippen molar-refractivity contribution in [3.8, 4) is 0 Å². The van der Waals surface area contributed by atoms with E-state index in [1.54, 1.807) is 0 Å². The molecule has 0 fully saturated rings. The molecule has 0 radical (unpaired) electrons. The van der Waals surface area contributed by atoms with Crippen molar-refractivity contribution in [3.63, 3.8) is 0 Å². The van der Waals surface area contributed by atoms with Crippen LogP contribution < -0.4 is 0 Å². The molecule has 19 heavy (non-hydrogen) atoms. The summed E-state index contributed by atoms with van der Waals surface area (Å²) in [6.07, 6.45) is 2.88. The molecule has 2 aromatic rings. The molecule has 0 amide bonds. The fraction of sp³-hybridized carbons (Fsp3) is 0.278. The number of aldehydes is 1. The van der Waals surface area contributed by atoms with Crippen LogP contribution in [0.25, 0.3) is 0 Å². The summed E-state index contributed by atoms with van der Waals surface area (Å²) in [5.41, 5.74) is 4.87. The Balaban J connectivity index is 2.14.